The van der Waals surface area contributed by atoms with Crippen LogP contribution in [0.25, 0.3) is 0 Å². The second kappa shape index (κ2) is 5.03. The summed E-state index contributed by atoms with van der Waals surface area (Å²) in [5.41, 5.74) is -0.663. The molecule has 0 aromatic heterocycles. The standard InChI is InChI=1S/C10H17F3N2O/c1-2-9(4-3-5-14-6-9)8(16)15-7-10(11,12)13/h14H,2-7H2,1H3,(H,15,16). The van der Waals surface area contributed by atoms with E-state index in [1.807, 2.05) is 12.2 Å². The lowest BCUT2D eigenvalue weighted by molar-refractivity contribution is -0.145. The van der Waals surface area contributed by atoms with Crippen molar-refractivity contribution in [3.63, 3.8) is 0 Å². The van der Waals surface area contributed by atoms with E-state index >= 15 is 0 Å². The van der Waals surface area contributed by atoms with Crippen LogP contribution in [-0.2, 0) is 4.79 Å². The van der Waals surface area contributed by atoms with Gasteiger partial charge in [0.25, 0.3) is 0 Å². The SMILES string of the molecule is CCC1(C(=O)NCC(F)(F)F)CCCNC1. The molecule has 0 saturated carbocycles. The Kier molecular flexibility index (Phi) is 4.18. The first-order valence-electron chi connectivity index (χ1n) is 5.45. The van der Waals surface area contributed by atoms with E-state index < -0.39 is 24.0 Å². The van der Waals surface area contributed by atoms with E-state index in [0.29, 0.717) is 19.4 Å². The van der Waals surface area contributed by atoms with Gasteiger partial charge in [0.1, 0.15) is 6.54 Å². The molecule has 0 aromatic rings. The summed E-state index contributed by atoms with van der Waals surface area (Å²) in [6.07, 6.45) is -2.30. The smallest absolute Gasteiger partial charge is 0.346 e. The fourth-order valence-corrected chi connectivity index (χ4v) is 1.99. The second-order valence-corrected chi connectivity index (χ2v) is 4.21. The summed E-state index contributed by atoms with van der Waals surface area (Å²) in [6.45, 7) is 1.88. The van der Waals surface area contributed by atoms with Crippen LogP contribution in [0.1, 0.15) is 26.2 Å². The molecule has 3 nitrogen and oxygen atoms in total. The highest BCUT2D eigenvalue weighted by Crippen LogP contribution is 2.30. The Hall–Kier alpha value is -0.780. The molecule has 0 radical (unpaired) electrons. The van der Waals surface area contributed by atoms with Gasteiger partial charge in [0, 0.05) is 6.54 Å². The van der Waals surface area contributed by atoms with Crippen LogP contribution in [-0.4, -0.2) is 31.7 Å². The third kappa shape index (κ3) is 3.37. The van der Waals surface area contributed by atoms with Gasteiger partial charge in [0.15, 0.2) is 0 Å². The molecule has 1 aliphatic heterocycles. The normalized spacial score (nSPS) is 26.5. The average molecular weight is 238 g/mol. The summed E-state index contributed by atoms with van der Waals surface area (Å²) >= 11 is 0. The molecule has 0 spiro atoms. The van der Waals surface area contributed by atoms with Crippen molar-refractivity contribution in [2.75, 3.05) is 19.6 Å². The number of piperidine rings is 1. The van der Waals surface area contributed by atoms with Crippen LogP contribution in [0.15, 0.2) is 0 Å². The zero-order valence-electron chi connectivity index (χ0n) is 9.28. The second-order valence-electron chi connectivity index (χ2n) is 4.21. The minimum atomic E-state index is -4.34. The Morgan fingerprint density at radius 2 is 2.19 bits per heavy atom. The molecule has 1 fully saturated rings. The minimum absolute atomic E-state index is 0.465. The zero-order chi connectivity index (χ0) is 12.2. The first-order valence-corrected chi connectivity index (χ1v) is 5.45. The predicted octanol–water partition coefficient (Wildman–Crippen LogP) is 1.44. The third-order valence-corrected chi connectivity index (χ3v) is 3.08. The number of hydrogen-bond acceptors (Lipinski definition) is 2. The highest BCUT2D eigenvalue weighted by Gasteiger charge is 2.39. The minimum Gasteiger partial charge on any atom is -0.346 e. The van der Waals surface area contributed by atoms with E-state index in [4.69, 9.17) is 0 Å². The summed E-state index contributed by atoms with van der Waals surface area (Å²) in [5, 5.41) is 5.04. The van der Waals surface area contributed by atoms with Crippen molar-refractivity contribution in [3.05, 3.63) is 0 Å². The first-order chi connectivity index (χ1) is 7.40. The Morgan fingerprint density at radius 1 is 1.50 bits per heavy atom. The summed E-state index contributed by atoms with van der Waals surface area (Å²) in [7, 11) is 0. The lowest BCUT2D eigenvalue weighted by atomic mass is 9.77. The Morgan fingerprint density at radius 3 is 2.62 bits per heavy atom. The average Bonchev–Trinajstić information content (AvgIpc) is 2.25. The van der Waals surface area contributed by atoms with Gasteiger partial charge in [-0.25, -0.2) is 0 Å². The van der Waals surface area contributed by atoms with E-state index in [0.717, 1.165) is 13.0 Å². The van der Waals surface area contributed by atoms with Crippen LogP contribution in [0.5, 0.6) is 0 Å². The number of carbonyl (C=O) groups is 1. The maximum Gasteiger partial charge on any atom is 0.405 e. The molecule has 94 valence electrons. The summed E-state index contributed by atoms with van der Waals surface area (Å²) in [4.78, 5) is 11.7. The molecule has 0 aliphatic carbocycles. The molecule has 2 N–H and O–H groups in total. The number of rotatable bonds is 3. The van der Waals surface area contributed by atoms with E-state index in [1.165, 1.54) is 0 Å². The molecule has 1 heterocycles. The van der Waals surface area contributed by atoms with Crippen molar-refractivity contribution >= 4 is 5.91 Å². The van der Waals surface area contributed by atoms with Crippen molar-refractivity contribution in [1.29, 1.82) is 0 Å². The van der Waals surface area contributed by atoms with E-state index in [2.05, 4.69) is 5.32 Å². The molecule has 1 unspecified atom stereocenters. The number of hydrogen-bond donors (Lipinski definition) is 2. The predicted molar refractivity (Wildman–Crippen MR) is 53.9 cm³/mol. The van der Waals surface area contributed by atoms with Gasteiger partial charge in [-0.2, -0.15) is 13.2 Å². The van der Waals surface area contributed by atoms with Crippen molar-refractivity contribution in [3.8, 4) is 0 Å². The monoisotopic (exact) mass is 238 g/mol. The summed E-state index contributed by atoms with van der Waals surface area (Å²) in [6, 6.07) is 0. The molecule has 1 amide bonds. The zero-order valence-corrected chi connectivity index (χ0v) is 9.28. The van der Waals surface area contributed by atoms with Gasteiger partial charge in [-0.15, -0.1) is 0 Å². The van der Waals surface area contributed by atoms with Gasteiger partial charge in [-0.05, 0) is 25.8 Å². The summed E-state index contributed by atoms with van der Waals surface area (Å²) < 4.78 is 35.9. The van der Waals surface area contributed by atoms with Gasteiger partial charge >= 0.3 is 6.18 Å². The Labute approximate surface area is 92.8 Å². The van der Waals surface area contributed by atoms with Crippen LogP contribution < -0.4 is 10.6 Å². The molecule has 1 rings (SSSR count). The van der Waals surface area contributed by atoms with E-state index in [1.54, 1.807) is 0 Å². The number of carbonyl (C=O) groups excluding carboxylic acids is 1. The fraction of sp³-hybridized carbons (Fsp3) is 0.900. The molecular formula is C10H17F3N2O. The van der Waals surface area contributed by atoms with Gasteiger partial charge in [0.2, 0.25) is 5.91 Å². The molecular weight excluding hydrogens is 221 g/mol. The Balaban J connectivity index is 2.55. The number of halogens is 3. The van der Waals surface area contributed by atoms with Crippen molar-refractivity contribution in [1.82, 2.24) is 10.6 Å². The number of amides is 1. The quantitative estimate of drug-likeness (QED) is 0.781. The van der Waals surface area contributed by atoms with Crippen molar-refractivity contribution in [2.45, 2.75) is 32.4 Å². The van der Waals surface area contributed by atoms with Gasteiger partial charge < -0.3 is 10.6 Å². The van der Waals surface area contributed by atoms with Crippen molar-refractivity contribution in [2.24, 2.45) is 5.41 Å². The van der Waals surface area contributed by atoms with Crippen LogP contribution in [0.2, 0.25) is 0 Å². The van der Waals surface area contributed by atoms with Crippen LogP contribution in [0.4, 0.5) is 13.2 Å². The number of alkyl halides is 3. The topological polar surface area (TPSA) is 41.1 Å². The van der Waals surface area contributed by atoms with Crippen LogP contribution in [0.3, 0.4) is 0 Å². The molecule has 1 aliphatic rings. The maximum absolute atomic E-state index is 12.0. The van der Waals surface area contributed by atoms with Gasteiger partial charge in [0.05, 0.1) is 5.41 Å². The van der Waals surface area contributed by atoms with E-state index in [9.17, 15) is 18.0 Å². The highest BCUT2D eigenvalue weighted by atomic mass is 19.4. The molecule has 6 heteroatoms. The molecule has 0 aromatic carbocycles. The van der Waals surface area contributed by atoms with Crippen molar-refractivity contribution < 1.29 is 18.0 Å². The molecule has 1 atom stereocenters. The lowest BCUT2D eigenvalue weighted by Gasteiger charge is -2.35. The number of nitrogens with one attached hydrogen (secondary N) is 2. The lowest BCUT2D eigenvalue weighted by Crippen LogP contribution is -2.51. The molecule has 16 heavy (non-hydrogen) atoms. The molecule has 0 bridgehead atoms. The van der Waals surface area contributed by atoms with Crippen LogP contribution in [0, 0.1) is 5.41 Å². The van der Waals surface area contributed by atoms with E-state index in [-0.39, 0.29) is 0 Å². The molecule has 1 saturated heterocycles. The van der Waals surface area contributed by atoms with Gasteiger partial charge in [-0.3, -0.25) is 4.79 Å². The third-order valence-electron chi connectivity index (χ3n) is 3.08. The Bertz CT molecular complexity index is 247. The maximum atomic E-state index is 12.0. The summed E-state index contributed by atoms with van der Waals surface area (Å²) in [5.74, 6) is -0.487. The van der Waals surface area contributed by atoms with Gasteiger partial charge in [-0.1, -0.05) is 6.92 Å². The highest BCUT2D eigenvalue weighted by molar-refractivity contribution is 5.83. The first kappa shape index (κ1) is 13.3. The van der Waals surface area contributed by atoms with Crippen LogP contribution >= 0.6 is 0 Å². The fourth-order valence-electron chi connectivity index (χ4n) is 1.99. The largest absolute Gasteiger partial charge is 0.405 e.